The van der Waals surface area contributed by atoms with Crippen molar-refractivity contribution < 1.29 is 9.85 Å². The van der Waals surface area contributed by atoms with Crippen molar-refractivity contribution in [3.8, 4) is 11.1 Å². The molecule has 0 unspecified atom stereocenters. The van der Waals surface area contributed by atoms with E-state index >= 15 is 0 Å². The first-order valence-corrected chi connectivity index (χ1v) is 5.47. The molecule has 0 N–H and O–H groups in total. The van der Waals surface area contributed by atoms with E-state index in [0.717, 1.165) is 6.07 Å². The lowest BCUT2D eigenvalue weighted by Gasteiger charge is -2.03. The number of nitrogens with zero attached hydrogens (tertiary/aromatic N) is 2. The first kappa shape index (κ1) is 13.0. The van der Waals surface area contributed by atoms with Gasteiger partial charge in [0.05, 0.1) is 21.5 Å². The molecule has 7 heteroatoms. The Morgan fingerprint density at radius 1 is 1.05 bits per heavy atom. The van der Waals surface area contributed by atoms with E-state index in [1.54, 1.807) is 6.07 Å². The number of halogens is 1. The summed E-state index contributed by atoms with van der Waals surface area (Å²) in [6, 6.07) is 10.8. The summed E-state index contributed by atoms with van der Waals surface area (Å²) in [5, 5.41) is 21.9. The molecule has 6 nitrogen and oxygen atoms in total. The first-order chi connectivity index (χ1) is 8.99. The minimum Gasteiger partial charge on any atom is -0.258 e. The van der Waals surface area contributed by atoms with Crippen LogP contribution < -0.4 is 0 Å². The average molecular weight is 278 g/mol. The number of hydrogen-bond acceptors (Lipinski definition) is 4. The van der Waals surface area contributed by atoms with Crippen molar-refractivity contribution in [3.63, 3.8) is 0 Å². The summed E-state index contributed by atoms with van der Waals surface area (Å²) in [7, 11) is 0. The highest BCUT2D eigenvalue weighted by atomic mass is 35.5. The van der Waals surface area contributed by atoms with E-state index < -0.39 is 9.85 Å². The van der Waals surface area contributed by atoms with Crippen molar-refractivity contribution in [2.75, 3.05) is 0 Å². The highest BCUT2D eigenvalue weighted by Gasteiger charge is 2.20. The summed E-state index contributed by atoms with van der Waals surface area (Å²) in [6.07, 6.45) is 0. The van der Waals surface area contributed by atoms with Crippen LogP contribution in [-0.4, -0.2) is 9.85 Å². The quantitative estimate of drug-likeness (QED) is 0.633. The van der Waals surface area contributed by atoms with Crippen molar-refractivity contribution in [1.29, 1.82) is 0 Å². The van der Waals surface area contributed by atoms with Gasteiger partial charge >= 0.3 is 0 Å². The van der Waals surface area contributed by atoms with Crippen LogP contribution in [0, 0.1) is 26.3 Å². The van der Waals surface area contributed by atoms with E-state index in [9.17, 15) is 20.2 Å². The van der Waals surface area contributed by atoms with Gasteiger partial charge in [0.15, 0.2) is 0 Å². The summed E-state index contributed by atoms with van der Waals surface area (Å²) < 4.78 is 0. The average Bonchev–Trinajstić information content (AvgIpc) is 2.37. The topological polar surface area (TPSA) is 86.3 Å². The Morgan fingerprint density at radius 2 is 1.79 bits per heavy atom. The Kier molecular flexibility index (Phi) is 3.43. The van der Waals surface area contributed by atoms with Crippen LogP contribution in [0.5, 0.6) is 0 Å². The molecule has 0 heterocycles. The predicted molar refractivity (Wildman–Crippen MR) is 69.0 cm³/mol. The molecule has 0 aliphatic rings. The van der Waals surface area contributed by atoms with Gasteiger partial charge in [0.25, 0.3) is 11.4 Å². The molecule has 0 spiro atoms. The zero-order chi connectivity index (χ0) is 14.0. The molecule has 1 radical (unpaired) electrons. The highest BCUT2D eigenvalue weighted by Crippen LogP contribution is 2.33. The van der Waals surface area contributed by atoms with Crippen molar-refractivity contribution >= 4 is 23.0 Å². The normalized spacial score (nSPS) is 10.2. The van der Waals surface area contributed by atoms with Gasteiger partial charge in [0, 0.05) is 17.2 Å². The van der Waals surface area contributed by atoms with Crippen LogP contribution in [0.25, 0.3) is 11.1 Å². The zero-order valence-electron chi connectivity index (χ0n) is 9.37. The summed E-state index contributed by atoms with van der Waals surface area (Å²) in [5.41, 5.74) is 0.109. The van der Waals surface area contributed by atoms with Gasteiger partial charge < -0.3 is 0 Å². The molecule has 0 saturated carbocycles. The molecule has 0 amide bonds. The van der Waals surface area contributed by atoms with Gasteiger partial charge in [-0.25, -0.2) is 0 Å². The van der Waals surface area contributed by atoms with E-state index in [0.29, 0.717) is 10.6 Å². The Labute approximate surface area is 112 Å². The van der Waals surface area contributed by atoms with E-state index in [-0.39, 0.29) is 16.9 Å². The summed E-state index contributed by atoms with van der Waals surface area (Å²) in [6.45, 7) is 0. The number of hydrogen-bond donors (Lipinski definition) is 0. The molecule has 0 saturated heterocycles. The van der Waals surface area contributed by atoms with Crippen LogP contribution in [-0.2, 0) is 0 Å². The Hall–Kier alpha value is -2.47. The van der Waals surface area contributed by atoms with Gasteiger partial charge in [-0.2, -0.15) is 0 Å². The largest absolute Gasteiger partial charge is 0.284 e. The summed E-state index contributed by atoms with van der Waals surface area (Å²) in [4.78, 5) is 20.3. The smallest absolute Gasteiger partial charge is 0.258 e. The fraction of sp³-hybridized carbons (Fsp3) is 0. The van der Waals surface area contributed by atoms with Gasteiger partial charge in [-0.15, -0.1) is 0 Å². The molecular weight excluding hydrogens is 272 g/mol. The fourth-order valence-corrected chi connectivity index (χ4v) is 1.81. The fourth-order valence-electron chi connectivity index (χ4n) is 1.63. The first-order valence-electron chi connectivity index (χ1n) is 5.09. The third-order valence-corrected chi connectivity index (χ3v) is 2.68. The van der Waals surface area contributed by atoms with Crippen LogP contribution in [0.15, 0.2) is 36.4 Å². The molecule has 0 atom stereocenters. The monoisotopic (exact) mass is 277 g/mol. The molecule has 2 rings (SSSR count). The van der Waals surface area contributed by atoms with E-state index in [1.807, 2.05) is 0 Å². The molecule has 2 aromatic rings. The second-order valence-corrected chi connectivity index (χ2v) is 4.05. The second kappa shape index (κ2) is 5.03. The Morgan fingerprint density at radius 3 is 2.37 bits per heavy atom. The molecule has 0 aliphatic carbocycles. The molecular formula is C12H6ClN2O4. The van der Waals surface area contributed by atoms with E-state index in [4.69, 9.17) is 11.6 Å². The minimum absolute atomic E-state index is 0.270. The maximum absolute atomic E-state index is 11.0. The maximum atomic E-state index is 11.0. The van der Waals surface area contributed by atoms with Gasteiger partial charge in [-0.3, -0.25) is 20.2 Å². The number of nitro benzene ring substituents is 2. The van der Waals surface area contributed by atoms with Gasteiger partial charge in [0.2, 0.25) is 0 Å². The zero-order valence-corrected chi connectivity index (χ0v) is 10.1. The number of non-ortho nitro benzene ring substituents is 1. The summed E-state index contributed by atoms with van der Waals surface area (Å²) in [5.74, 6) is 0. The van der Waals surface area contributed by atoms with Gasteiger partial charge in [-0.1, -0.05) is 23.7 Å². The standard InChI is InChI=1S/C12H6ClN2O4/c13-9-3-1-2-8(6-9)11-5-4-10(14(16)17)7-12(11)15(18)19/h1-2,4-7H. The number of nitro groups is 2. The van der Waals surface area contributed by atoms with Crippen molar-refractivity contribution in [1.82, 2.24) is 0 Å². The lowest BCUT2D eigenvalue weighted by Crippen LogP contribution is -1.95. The maximum Gasteiger partial charge on any atom is 0.284 e. The van der Waals surface area contributed by atoms with Gasteiger partial charge in [-0.05, 0) is 17.7 Å². The van der Waals surface area contributed by atoms with Crippen LogP contribution in [0.1, 0.15) is 0 Å². The third-order valence-electron chi connectivity index (χ3n) is 2.47. The SMILES string of the molecule is O=[N+]([O-])c1ccc(-c2cc[c]c(Cl)c2)c([N+](=O)[O-])c1. The Balaban J connectivity index is 2.63. The predicted octanol–water partition coefficient (Wildman–Crippen LogP) is 3.62. The van der Waals surface area contributed by atoms with E-state index in [2.05, 4.69) is 6.07 Å². The van der Waals surface area contributed by atoms with Crippen LogP contribution in [0.2, 0.25) is 5.02 Å². The lowest BCUT2D eigenvalue weighted by molar-refractivity contribution is -0.393. The molecule has 0 bridgehead atoms. The van der Waals surface area contributed by atoms with Crippen molar-refractivity contribution in [2.24, 2.45) is 0 Å². The van der Waals surface area contributed by atoms with Crippen LogP contribution in [0.4, 0.5) is 11.4 Å². The molecule has 19 heavy (non-hydrogen) atoms. The van der Waals surface area contributed by atoms with Crippen molar-refractivity contribution in [2.45, 2.75) is 0 Å². The van der Waals surface area contributed by atoms with E-state index in [1.165, 1.54) is 24.3 Å². The number of rotatable bonds is 3. The second-order valence-electron chi connectivity index (χ2n) is 3.64. The third kappa shape index (κ3) is 2.69. The molecule has 0 fully saturated rings. The highest BCUT2D eigenvalue weighted by molar-refractivity contribution is 6.30. The van der Waals surface area contributed by atoms with Gasteiger partial charge in [0.1, 0.15) is 0 Å². The molecule has 2 aromatic carbocycles. The lowest BCUT2D eigenvalue weighted by atomic mass is 10.0. The molecule has 95 valence electrons. The minimum atomic E-state index is -0.678. The Bertz CT molecular complexity index is 673. The molecule has 0 aliphatic heterocycles. The van der Waals surface area contributed by atoms with Crippen LogP contribution in [0.3, 0.4) is 0 Å². The van der Waals surface area contributed by atoms with Crippen LogP contribution >= 0.6 is 11.6 Å². The van der Waals surface area contributed by atoms with Crippen molar-refractivity contribution in [3.05, 3.63) is 67.7 Å². The molecule has 0 aromatic heterocycles. The summed E-state index contributed by atoms with van der Waals surface area (Å²) >= 11 is 5.77. The number of benzene rings is 2.